The Morgan fingerprint density at radius 2 is 1.80 bits per heavy atom. The van der Waals surface area contributed by atoms with Crippen LogP contribution in [0.15, 0.2) is 54.7 Å². The van der Waals surface area contributed by atoms with E-state index in [2.05, 4.69) is 15.6 Å². The highest BCUT2D eigenvalue weighted by molar-refractivity contribution is 6.35. The molecule has 1 aliphatic rings. The third-order valence-electron chi connectivity index (χ3n) is 5.34. The zero-order valence-corrected chi connectivity index (χ0v) is 16.9. The molecule has 3 amide bonds. The van der Waals surface area contributed by atoms with Gasteiger partial charge in [-0.25, -0.2) is 0 Å². The van der Waals surface area contributed by atoms with Crippen LogP contribution in [0, 0.1) is 0 Å². The first-order valence-electron chi connectivity index (χ1n) is 10.0. The molecule has 0 bridgehead atoms. The van der Waals surface area contributed by atoms with Crippen molar-refractivity contribution in [3.63, 3.8) is 0 Å². The second-order valence-corrected chi connectivity index (χ2v) is 7.63. The van der Waals surface area contributed by atoms with Gasteiger partial charge in [0.2, 0.25) is 0 Å². The molecule has 3 N–H and O–H groups in total. The van der Waals surface area contributed by atoms with Crippen molar-refractivity contribution in [1.82, 2.24) is 15.6 Å². The summed E-state index contributed by atoms with van der Waals surface area (Å²) in [5.74, 6) is -1.79. The quantitative estimate of drug-likeness (QED) is 0.570. The Morgan fingerprint density at radius 1 is 1.07 bits per heavy atom. The topological polar surface area (TPSA) is 94.3 Å². The lowest BCUT2D eigenvalue weighted by atomic mass is 10.1. The van der Waals surface area contributed by atoms with Gasteiger partial charge in [-0.1, -0.05) is 36.4 Å². The number of rotatable bonds is 5. The predicted molar refractivity (Wildman–Crippen MR) is 115 cm³/mol. The van der Waals surface area contributed by atoms with Crippen LogP contribution in [0.1, 0.15) is 31.0 Å². The van der Waals surface area contributed by atoms with Crippen molar-refractivity contribution >= 4 is 34.3 Å². The Morgan fingerprint density at radius 3 is 2.60 bits per heavy atom. The minimum Gasteiger partial charge on any atom is -0.361 e. The summed E-state index contributed by atoms with van der Waals surface area (Å²) in [5, 5.41) is 6.33. The Labute approximate surface area is 174 Å². The van der Waals surface area contributed by atoms with Crippen LogP contribution < -0.4 is 15.5 Å². The molecule has 0 fully saturated rings. The molecule has 3 aromatic rings. The lowest BCUT2D eigenvalue weighted by Crippen LogP contribution is -2.45. The number of nitrogens with one attached hydrogen (secondary N) is 3. The van der Waals surface area contributed by atoms with E-state index in [0.29, 0.717) is 18.5 Å². The van der Waals surface area contributed by atoms with Crippen molar-refractivity contribution in [2.45, 2.75) is 32.4 Å². The second kappa shape index (κ2) is 8.02. The molecule has 0 spiro atoms. The van der Waals surface area contributed by atoms with E-state index in [-0.39, 0.29) is 11.9 Å². The van der Waals surface area contributed by atoms with Crippen molar-refractivity contribution in [3.8, 4) is 0 Å². The number of amides is 3. The molecule has 0 aliphatic carbocycles. The summed E-state index contributed by atoms with van der Waals surface area (Å²) in [6.07, 6.45) is 2.50. The van der Waals surface area contributed by atoms with Gasteiger partial charge < -0.3 is 20.5 Å². The van der Waals surface area contributed by atoms with E-state index in [1.165, 1.54) is 0 Å². The third kappa shape index (κ3) is 3.54. The number of H-pyrrole nitrogens is 1. The van der Waals surface area contributed by atoms with Gasteiger partial charge in [0.1, 0.15) is 6.04 Å². The van der Waals surface area contributed by atoms with Crippen LogP contribution in [0.2, 0.25) is 0 Å². The molecule has 4 rings (SSSR count). The molecule has 154 valence electrons. The number of aromatic amines is 1. The maximum Gasteiger partial charge on any atom is 0.310 e. The van der Waals surface area contributed by atoms with Gasteiger partial charge in [-0.15, -0.1) is 0 Å². The molecule has 1 aromatic heterocycles. The van der Waals surface area contributed by atoms with Crippen molar-refractivity contribution in [2.75, 3.05) is 11.4 Å². The maximum absolute atomic E-state index is 12.8. The number of hydrogen-bond donors (Lipinski definition) is 3. The van der Waals surface area contributed by atoms with Gasteiger partial charge in [0.25, 0.3) is 5.91 Å². The van der Waals surface area contributed by atoms with E-state index < -0.39 is 17.9 Å². The van der Waals surface area contributed by atoms with E-state index in [0.717, 1.165) is 22.2 Å². The average molecular weight is 404 g/mol. The molecule has 1 atom stereocenters. The molecular weight excluding hydrogens is 380 g/mol. The minimum atomic E-state index is -0.851. The summed E-state index contributed by atoms with van der Waals surface area (Å²) in [5.41, 5.74) is 3.57. The van der Waals surface area contributed by atoms with Crippen molar-refractivity contribution in [3.05, 3.63) is 65.9 Å². The zero-order chi connectivity index (χ0) is 21.3. The predicted octanol–water partition coefficient (Wildman–Crippen LogP) is 2.44. The molecule has 30 heavy (non-hydrogen) atoms. The number of nitrogens with zero attached hydrogens (tertiary/aromatic N) is 1. The van der Waals surface area contributed by atoms with Crippen LogP contribution >= 0.6 is 0 Å². The first kappa shape index (κ1) is 19.7. The fourth-order valence-corrected chi connectivity index (χ4v) is 3.94. The van der Waals surface area contributed by atoms with Gasteiger partial charge in [-0.05, 0) is 38.0 Å². The first-order chi connectivity index (χ1) is 14.5. The highest BCUT2D eigenvalue weighted by atomic mass is 16.2. The van der Waals surface area contributed by atoms with E-state index in [1.807, 2.05) is 62.5 Å². The lowest BCUT2D eigenvalue weighted by Gasteiger charge is -2.22. The Bertz CT molecular complexity index is 1120. The molecule has 0 saturated carbocycles. The van der Waals surface area contributed by atoms with Crippen molar-refractivity contribution in [1.29, 1.82) is 0 Å². The third-order valence-corrected chi connectivity index (χ3v) is 5.34. The van der Waals surface area contributed by atoms with Crippen LogP contribution in [-0.4, -0.2) is 35.3 Å². The summed E-state index contributed by atoms with van der Waals surface area (Å²) in [4.78, 5) is 42.4. The zero-order valence-electron chi connectivity index (χ0n) is 16.9. The van der Waals surface area contributed by atoms with E-state index in [9.17, 15) is 14.4 Å². The smallest absolute Gasteiger partial charge is 0.310 e. The number of hydrogen-bond acceptors (Lipinski definition) is 3. The number of carbonyl (C=O) groups excluding carboxylic acids is 3. The van der Waals surface area contributed by atoms with Gasteiger partial charge >= 0.3 is 11.8 Å². The molecule has 1 unspecified atom stereocenters. The largest absolute Gasteiger partial charge is 0.361 e. The van der Waals surface area contributed by atoms with Crippen LogP contribution in [0.5, 0.6) is 0 Å². The standard InChI is InChI=1S/C23H24N4O3/c1-14(2)27-19-10-6-4-8-17(19)20(23(27)30)26-22(29)21(28)24-12-11-15-13-25-18-9-5-3-7-16(15)18/h3-10,13-14,20,25H,11-12H2,1-2H3,(H,24,28)(H,26,29). The van der Waals surface area contributed by atoms with Crippen LogP contribution in [-0.2, 0) is 20.8 Å². The lowest BCUT2D eigenvalue weighted by molar-refractivity contribution is -0.140. The number of aromatic nitrogens is 1. The fourth-order valence-electron chi connectivity index (χ4n) is 3.94. The average Bonchev–Trinajstić information content (AvgIpc) is 3.27. The number of para-hydroxylation sites is 2. The highest BCUT2D eigenvalue weighted by Crippen LogP contribution is 2.36. The first-order valence-corrected chi connectivity index (χ1v) is 10.0. The van der Waals surface area contributed by atoms with Gasteiger partial charge in [0, 0.05) is 40.9 Å². The van der Waals surface area contributed by atoms with Crippen molar-refractivity contribution < 1.29 is 14.4 Å². The summed E-state index contributed by atoms with van der Waals surface area (Å²) in [6, 6.07) is 14.3. The minimum absolute atomic E-state index is 0.0504. The summed E-state index contributed by atoms with van der Waals surface area (Å²) in [6.45, 7) is 4.15. The Hall–Kier alpha value is -3.61. The SMILES string of the molecule is CC(C)N1C(=O)C(NC(=O)C(=O)NCCc2c[nH]c3ccccc23)c2ccccc21. The number of carbonyl (C=O) groups is 3. The molecule has 1 aliphatic heterocycles. The molecule has 7 heteroatoms. The number of fused-ring (bicyclic) bond motifs is 2. The highest BCUT2D eigenvalue weighted by Gasteiger charge is 2.39. The van der Waals surface area contributed by atoms with Gasteiger partial charge in [-0.2, -0.15) is 0 Å². The normalized spacial score (nSPS) is 15.5. The van der Waals surface area contributed by atoms with Gasteiger partial charge in [-0.3, -0.25) is 14.4 Å². The molecule has 2 heterocycles. The van der Waals surface area contributed by atoms with E-state index in [4.69, 9.17) is 0 Å². The number of benzene rings is 2. The van der Waals surface area contributed by atoms with Gasteiger partial charge in [0.05, 0.1) is 0 Å². The summed E-state index contributed by atoms with van der Waals surface area (Å²) < 4.78 is 0. The maximum atomic E-state index is 12.8. The molecule has 2 aromatic carbocycles. The van der Waals surface area contributed by atoms with Crippen LogP contribution in [0.3, 0.4) is 0 Å². The number of anilines is 1. The van der Waals surface area contributed by atoms with Crippen molar-refractivity contribution in [2.24, 2.45) is 0 Å². The summed E-state index contributed by atoms with van der Waals surface area (Å²) >= 11 is 0. The Kier molecular flexibility index (Phi) is 5.27. The monoisotopic (exact) mass is 404 g/mol. The van der Waals surface area contributed by atoms with Crippen LogP contribution in [0.4, 0.5) is 5.69 Å². The molecule has 0 radical (unpaired) electrons. The molecule has 7 nitrogen and oxygen atoms in total. The summed E-state index contributed by atoms with van der Waals surface area (Å²) in [7, 11) is 0. The van der Waals surface area contributed by atoms with E-state index >= 15 is 0 Å². The fraction of sp³-hybridized carbons (Fsp3) is 0.261. The molecule has 0 saturated heterocycles. The van der Waals surface area contributed by atoms with Crippen LogP contribution in [0.25, 0.3) is 10.9 Å². The van der Waals surface area contributed by atoms with Gasteiger partial charge in [0.15, 0.2) is 0 Å². The second-order valence-electron chi connectivity index (χ2n) is 7.63. The van der Waals surface area contributed by atoms with E-state index in [1.54, 1.807) is 11.0 Å². The molecular formula is C23H24N4O3. The Balaban J connectivity index is 1.38.